The highest BCUT2D eigenvalue weighted by Gasteiger charge is 2.26. The molecule has 0 spiro atoms. The van der Waals surface area contributed by atoms with E-state index in [1.165, 1.54) is 0 Å². The van der Waals surface area contributed by atoms with Crippen LogP contribution in [0.15, 0.2) is 24.3 Å². The van der Waals surface area contributed by atoms with Gasteiger partial charge in [-0.1, -0.05) is 24.1 Å². The molecular formula is C14H17ClN2O3. The molecule has 5 nitrogen and oxygen atoms in total. The summed E-state index contributed by atoms with van der Waals surface area (Å²) in [5.74, 6) is -1.40. The zero-order valence-corrected chi connectivity index (χ0v) is 11.7. The second kappa shape index (κ2) is 6.72. The largest absolute Gasteiger partial charge is 0.393 e. The highest BCUT2D eigenvalue weighted by atomic mass is 35.5. The third-order valence-corrected chi connectivity index (χ3v) is 3.67. The summed E-state index contributed by atoms with van der Waals surface area (Å²) in [5, 5.41) is 15.1. The maximum Gasteiger partial charge on any atom is 0.313 e. The molecule has 3 N–H and O–H groups in total. The fraction of sp³-hybridized carbons (Fsp3) is 0.429. The van der Waals surface area contributed by atoms with Gasteiger partial charge in [0.05, 0.1) is 6.10 Å². The van der Waals surface area contributed by atoms with Gasteiger partial charge in [0.25, 0.3) is 0 Å². The van der Waals surface area contributed by atoms with Crippen LogP contribution in [0.2, 0.25) is 5.02 Å². The Morgan fingerprint density at radius 1 is 1.30 bits per heavy atom. The van der Waals surface area contributed by atoms with Gasteiger partial charge < -0.3 is 15.7 Å². The monoisotopic (exact) mass is 296 g/mol. The first kappa shape index (κ1) is 14.8. The first-order valence-corrected chi connectivity index (χ1v) is 6.97. The van der Waals surface area contributed by atoms with Crippen molar-refractivity contribution < 1.29 is 14.7 Å². The number of carbonyl (C=O) groups is 2. The SMILES string of the molecule is O=C(NCC1CCCC1O)C(=O)Nc1cccc(Cl)c1. The number of hydrogen-bond acceptors (Lipinski definition) is 3. The standard InChI is InChI=1S/C14H17ClN2O3/c15-10-4-2-5-11(7-10)17-14(20)13(19)16-8-9-3-1-6-12(9)18/h2,4-5,7,9,12,18H,1,3,6,8H2,(H,16,19)(H,17,20). The number of aliphatic hydroxyl groups is 1. The Kier molecular flexibility index (Phi) is 4.98. The van der Waals surface area contributed by atoms with Crippen molar-refractivity contribution in [2.45, 2.75) is 25.4 Å². The second-order valence-electron chi connectivity index (χ2n) is 4.93. The van der Waals surface area contributed by atoms with Gasteiger partial charge in [0, 0.05) is 23.2 Å². The Morgan fingerprint density at radius 3 is 2.75 bits per heavy atom. The maximum absolute atomic E-state index is 11.7. The fourth-order valence-electron chi connectivity index (χ4n) is 2.31. The first-order valence-electron chi connectivity index (χ1n) is 6.59. The van der Waals surface area contributed by atoms with Gasteiger partial charge in [-0.2, -0.15) is 0 Å². The van der Waals surface area contributed by atoms with Gasteiger partial charge >= 0.3 is 11.8 Å². The van der Waals surface area contributed by atoms with Crippen molar-refractivity contribution in [2.24, 2.45) is 5.92 Å². The van der Waals surface area contributed by atoms with Crippen molar-refractivity contribution in [1.82, 2.24) is 5.32 Å². The molecular weight excluding hydrogens is 280 g/mol. The molecule has 0 heterocycles. The van der Waals surface area contributed by atoms with Crippen LogP contribution in [0.1, 0.15) is 19.3 Å². The highest BCUT2D eigenvalue weighted by molar-refractivity contribution is 6.39. The van der Waals surface area contributed by atoms with Crippen molar-refractivity contribution in [3.05, 3.63) is 29.3 Å². The molecule has 2 amide bonds. The maximum atomic E-state index is 11.7. The van der Waals surface area contributed by atoms with Crippen LogP contribution in [0.4, 0.5) is 5.69 Å². The third kappa shape index (κ3) is 3.95. The fourth-order valence-corrected chi connectivity index (χ4v) is 2.50. The lowest BCUT2D eigenvalue weighted by Gasteiger charge is -2.14. The second-order valence-corrected chi connectivity index (χ2v) is 5.37. The molecule has 0 saturated heterocycles. The normalized spacial score (nSPS) is 21.5. The van der Waals surface area contributed by atoms with E-state index in [1.54, 1.807) is 24.3 Å². The zero-order chi connectivity index (χ0) is 14.5. The van der Waals surface area contributed by atoms with Gasteiger partial charge in [-0.15, -0.1) is 0 Å². The number of halogens is 1. The van der Waals surface area contributed by atoms with E-state index in [9.17, 15) is 14.7 Å². The van der Waals surface area contributed by atoms with Crippen LogP contribution in [0.25, 0.3) is 0 Å². The lowest BCUT2D eigenvalue weighted by atomic mass is 10.1. The number of hydrogen-bond donors (Lipinski definition) is 3. The predicted molar refractivity (Wildman–Crippen MR) is 76.4 cm³/mol. The van der Waals surface area contributed by atoms with E-state index in [2.05, 4.69) is 10.6 Å². The minimum Gasteiger partial charge on any atom is -0.393 e. The molecule has 1 fully saturated rings. The summed E-state index contributed by atoms with van der Waals surface area (Å²) in [4.78, 5) is 23.3. The van der Waals surface area contributed by atoms with E-state index in [1.807, 2.05) is 0 Å². The van der Waals surface area contributed by atoms with Crippen LogP contribution in [-0.2, 0) is 9.59 Å². The molecule has 1 aliphatic rings. The Hall–Kier alpha value is -1.59. The molecule has 1 aromatic rings. The molecule has 6 heteroatoms. The van der Waals surface area contributed by atoms with Crippen molar-refractivity contribution >= 4 is 29.1 Å². The van der Waals surface area contributed by atoms with Gasteiger partial charge in [-0.25, -0.2) is 0 Å². The highest BCUT2D eigenvalue weighted by Crippen LogP contribution is 2.24. The molecule has 108 valence electrons. The van der Waals surface area contributed by atoms with Crippen LogP contribution in [-0.4, -0.2) is 29.6 Å². The van der Waals surface area contributed by atoms with Crippen LogP contribution >= 0.6 is 11.6 Å². The average molecular weight is 297 g/mol. The van der Waals surface area contributed by atoms with E-state index >= 15 is 0 Å². The molecule has 2 atom stereocenters. The van der Waals surface area contributed by atoms with E-state index in [0.29, 0.717) is 17.3 Å². The number of nitrogens with one attached hydrogen (secondary N) is 2. The topological polar surface area (TPSA) is 78.4 Å². The summed E-state index contributed by atoms with van der Waals surface area (Å²) < 4.78 is 0. The number of rotatable bonds is 3. The lowest BCUT2D eigenvalue weighted by molar-refractivity contribution is -0.136. The zero-order valence-electron chi connectivity index (χ0n) is 10.9. The summed E-state index contributed by atoms with van der Waals surface area (Å²) in [7, 11) is 0. The van der Waals surface area contributed by atoms with Crippen molar-refractivity contribution in [1.29, 1.82) is 0 Å². The number of amides is 2. The number of anilines is 1. The van der Waals surface area contributed by atoms with E-state index in [0.717, 1.165) is 19.3 Å². The van der Waals surface area contributed by atoms with Crippen LogP contribution in [0.3, 0.4) is 0 Å². The van der Waals surface area contributed by atoms with Gasteiger partial charge in [0.2, 0.25) is 0 Å². The summed E-state index contributed by atoms with van der Waals surface area (Å²) in [5.41, 5.74) is 0.471. The van der Waals surface area contributed by atoms with Gasteiger partial charge in [-0.3, -0.25) is 9.59 Å². The summed E-state index contributed by atoms with van der Waals surface area (Å²) in [6.07, 6.45) is 2.20. The molecule has 2 rings (SSSR count). The molecule has 0 aromatic heterocycles. The Balaban J connectivity index is 1.81. The van der Waals surface area contributed by atoms with Crippen molar-refractivity contribution in [2.75, 3.05) is 11.9 Å². The van der Waals surface area contributed by atoms with E-state index in [4.69, 9.17) is 11.6 Å². The minimum absolute atomic E-state index is 0.0397. The number of aliphatic hydroxyl groups excluding tert-OH is 1. The first-order chi connectivity index (χ1) is 9.56. The smallest absolute Gasteiger partial charge is 0.313 e. The quantitative estimate of drug-likeness (QED) is 0.741. The van der Waals surface area contributed by atoms with Gasteiger partial charge in [0.15, 0.2) is 0 Å². The molecule has 2 unspecified atom stereocenters. The average Bonchev–Trinajstić information content (AvgIpc) is 2.81. The van der Waals surface area contributed by atoms with Gasteiger partial charge in [0.1, 0.15) is 0 Å². The van der Waals surface area contributed by atoms with Crippen molar-refractivity contribution in [3.8, 4) is 0 Å². The molecule has 0 radical (unpaired) electrons. The summed E-state index contributed by atoms with van der Waals surface area (Å²) >= 11 is 5.79. The van der Waals surface area contributed by atoms with Crippen LogP contribution in [0.5, 0.6) is 0 Å². The summed E-state index contributed by atoms with van der Waals surface area (Å²) in [6.45, 7) is 0.322. The van der Waals surface area contributed by atoms with Crippen molar-refractivity contribution in [3.63, 3.8) is 0 Å². The predicted octanol–water partition coefficient (Wildman–Crippen LogP) is 1.56. The van der Waals surface area contributed by atoms with E-state index < -0.39 is 11.8 Å². The van der Waals surface area contributed by atoms with Gasteiger partial charge in [-0.05, 0) is 31.0 Å². The summed E-state index contributed by atoms with van der Waals surface area (Å²) in [6, 6.07) is 6.58. The number of benzene rings is 1. The molecule has 0 bridgehead atoms. The minimum atomic E-state index is -0.736. The Morgan fingerprint density at radius 2 is 2.10 bits per heavy atom. The molecule has 1 aromatic carbocycles. The number of carbonyl (C=O) groups excluding carboxylic acids is 2. The Bertz CT molecular complexity index is 507. The molecule has 1 aliphatic carbocycles. The van der Waals surface area contributed by atoms with Crippen LogP contribution < -0.4 is 10.6 Å². The third-order valence-electron chi connectivity index (χ3n) is 3.43. The van der Waals surface area contributed by atoms with E-state index in [-0.39, 0.29) is 12.0 Å². The lowest BCUT2D eigenvalue weighted by Crippen LogP contribution is -2.39. The van der Waals surface area contributed by atoms with Crippen LogP contribution in [0, 0.1) is 5.92 Å². The molecule has 1 saturated carbocycles. The molecule has 0 aliphatic heterocycles. The Labute approximate surface area is 122 Å². The molecule has 20 heavy (non-hydrogen) atoms.